The van der Waals surface area contributed by atoms with Gasteiger partial charge in [0.05, 0.1) is 0 Å². The van der Waals surface area contributed by atoms with E-state index < -0.39 is 0 Å². The molecule has 2 fully saturated rings. The Morgan fingerprint density at radius 3 is 2.74 bits per heavy atom. The van der Waals surface area contributed by atoms with E-state index in [0.717, 1.165) is 19.5 Å². The van der Waals surface area contributed by atoms with Gasteiger partial charge in [-0.2, -0.15) is 0 Å². The largest absolute Gasteiger partial charge is 0.337 e. The standard InChI is InChI=1S/C15H19ClN2O/c16-13-5-3-4-12(10-13)15(19)18-9-6-14(11-18)17-7-1-2-8-17/h3-5,10,14H,1-2,6-9,11H2. The van der Waals surface area contributed by atoms with Gasteiger partial charge in [0.2, 0.25) is 0 Å². The molecule has 2 heterocycles. The molecule has 0 bridgehead atoms. The third kappa shape index (κ3) is 2.77. The molecule has 2 aliphatic heterocycles. The van der Waals surface area contributed by atoms with Gasteiger partial charge in [-0.3, -0.25) is 9.69 Å². The highest BCUT2D eigenvalue weighted by molar-refractivity contribution is 6.30. The summed E-state index contributed by atoms with van der Waals surface area (Å²) in [4.78, 5) is 16.9. The zero-order chi connectivity index (χ0) is 13.2. The van der Waals surface area contributed by atoms with Gasteiger partial charge >= 0.3 is 0 Å². The Hall–Kier alpha value is -1.06. The molecular formula is C15H19ClN2O. The third-order valence-electron chi connectivity index (χ3n) is 4.18. The predicted molar refractivity (Wildman–Crippen MR) is 76.6 cm³/mol. The summed E-state index contributed by atoms with van der Waals surface area (Å²) in [5, 5.41) is 0.626. The summed E-state index contributed by atoms with van der Waals surface area (Å²) in [6.07, 6.45) is 3.71. The molecule has 1 unspecified atom stereocenters. The molecule has 1 atom stereocenters. The Morgan fingerprint density at radius 2 is 2.00 bits per heavy atom. The van der Waals surface area contributed by atoms with Crippen molar-refractivity contribution in [2.75, 3.05) is 26.2 Å². The minimum absolute atomic E-state index is 0.115. The van der Waals surface area contributed by atoms with Gasteiger partial charge in [-0.15, -0.1) is 0 Å². The average Bonchev–Trinajstić information content (AvgIpc) is 3.08. The summed E-state index contributed by atoms with van der Waals surface area (Å²) in [5.41, 5.74) is 0.703. The van der Waals surface area contributed by atoms with Crippen LogP contribution in [-0.2, 0) is 0 Å². The van der Waals surface area contributed by atoms with Gasteiger partial charge in [-0.1, -0.05) is 17.7 Å². The first-order chi connectivity index (χ1) is 9.24. The van der Waals surface area contributed by atoms with E-state index in [9.17, 15) is 4.79 Å². The number of benzene rings is 1. The second-order valence-corrected chi connectivity index (χ2v) is 5.88. The van der Waals surface area contributed by atoms with Crippen LogP contribution in [0.3, 0.4) is 0 Å². The number of rotatable bonds is 2. The van der Waals surface area contributed by atoms with Gasteiger partial charge in [0.25, 0.3) is 5.91 Å². The van der Waals surface area contributed by atoms with E-state index in [1.807, 2.05) is 17.0 Å². The molecule has 1 amide bonds. The second kappa shape index (κ2) is 5.51. The number of nitrogens with zero attached hydrogens (tertiary/aromatic N) is 2. The van der Waals surface area contributed by atoms with Gasteiger partial charge in [-0.25, -0.2) is 0 Å². The van der Waals surface area contributed by atoms with Crippen molar-refractivity contribution in [3.8, 4) is 0 Å². The van der Waals surface area contributed by atoms with Crippen molar-refractivity contribution < 1.29 is 4.79 Å². The number of carbonyl (C=O) groups excluding carboxylic acids is 1. The number of amides is 1. The van der Waals surface area contributed by atoms with E-state index in [4.69, 9.17) is 11.6 Å². The zero-order valence-corrected chi connectivity index (χ0v) is 11.8. The predicted octanol–water partition coefficient (Wildman–Crippen LogP) is 2.65. The zero-order valence-electron chi connectivity index (χ0n) is 11.0. The minimum atomic E-state index is 0.115. The molecule has 3 nitrogen and oxygen atoms in total. The van der Waals surface area contributed by atoms with Gasteiger partial charge in [-0.05, 0) is 50.6 Å². The Labute approximate surface area is 119 Å². The van der Waals surface area contributed by atoms with Crippen LogP contribution in [0.25, 0.3) is 0 Å². The summed E-state index contributed by atoms with van der Waals surface area (Å²) >= 11 is 5.95. The number of halogens is 1. The third-order valence-corrected chi connectivity index (χ3v) is 4.41. The maximum atomic E-state index is 12.4. The molecule has 2 aliphatic rings. The summed E-state index contributed by atoms with van der Waals surface area (Å²) in [6.45, 7) is 4.13. The van der Waals surface area contributed by atoms with Gasteiger partial charge in [0.1, 0.15) is 0 Å². The Bertz CT molecular complexity index is 471. The van der Waals surface area contributed by atoms with Crippen LogP contribution in [-0.4, -0.2) is 47.9 Å². The molecule has 0 radical (unpaired) electrons. The Kier molecular flexibility index (Phi) is 3.76. The first-order valence-electron chi connectivity index (χ1n) is 7.03. The fourth-order valence-corrected chi connectivity index (χ4v) is 3.33. The summed E-state index contributed by atoms with van der Waals surface area (Å²) < 4.78 is 0. The van der Waals surface area contributed by atoms with E-state index in [-0.39, 0.29) is 5.91 Å². The van der Waals surface area contributed by atoms with Crippen molar-refractivity contribution in [3.05, 3.63) is 34.9 Å². The van der Waals surface area contributed by atoms with Crippen molar-refractivity contribution in [2.45, 2.75) is 25.3 Å². The molecule has 0 spiro atoms. The van der Waals surface area contributed by atoms with Crippen molar-refractivity contribution in [2.24, 2.45) is 0 Å². The first-order valence-corrected chi connectivity index (χ1v) is 7.41. The fourth-order valence-electron chi connectivity index (χ4n) is 3.14. The van der Waals surface area contributed by atoms with Gasteiger partial charge in [0.15, 0.2) is 0 Å². The lowest BCUT2D eigenvalue weighted by Crippen LogP contribution is -2.37. The number of carbonyl (C=O) groups is 1. The highest BCUT2D eigenvalue weighted by Crippen LogP contribution is 2.22. The Balaban J connectivity index is 1.65. The molecule has 0 saturated carbocycles. The van der Waals surface area contributed by atoms with Gasteiger partial charge < -0.3 is 4.90 Å². The number of hydrogen-bond donors (Lipinski definition) is 0. The molecule has 4 heteroatoms. The molecule has 19 heavy (non-hydrogen) atoms. The molecule has 0 aliphatic carbocycles. The Morgan fingerprint density at radius 1 is 1.21 bits per heavy atom. The molecular weight excluding hydrogens is 260 g/mol. The lowest BCUT2D eigenvalue weighted by atomic mass is 10.2. The topological polar surface area (TPSA) is 23.6 Å². The monoisotopic (exact) mass is 278 g/mol. The van der Waals surface area contributed by atoms with Crippen LogP contribution in [0.1, 0.15) is 29.6 Å². The molecule has 2 saturated heterocycles. The van der Waals surface area contributed by atoms with Crippen molar-refractivity contribution in [1.82, 2.24) is 9.80 Å². The van der Waals surface area contributed by atoms with Crippen LogP contribution in [0.5, 0.6) is 0 Å². The average molecular weight is 279 g/mol. The number of likely N-dealkylation sites (tertiary alicyclic amines) is 2. The van der Waals surface area contributed by atoms with Crippen molar-refractivity contribution in [1.29, 1.82) is 0 Å². The van der Waals surface area contributed by atoms with Crippen molar-refractivity contribution >= 4 is 17.5 Å². The van der Waals surface area contributed by atoms with E-state index in [1.54, 1.807) is 12.1 Å². The summed E-state index contributed by atoms with van der Waals surface area (Å²) in [7, 11) is 0. The van der Waals surface area contributed by atoms with Crippen LogP contribution in [0, 0.1) is 0 Å². The smallest absolute Gasteiger partial charge is 0.253 e. The highest BCUT2D eigenvalue weighted by Gasteiger charge is 2.31. The maximum absolute atomic E-state index is 12.4. The first kappa shape index (κ1) is 12.9. The summed E-state index contributed by atoms with van der Waals surface area (Å²) in [5.74, 6) is 0.115. The SMILES string of the molecule is O=C(c1cccc(Cl)c1)N1CCC(N2CCCC2)C1. The molecule has 0 aromatic heterocycles. The van der Waals surface area contributed by atoms with E-state index in [0.29, 0.717) is 16.6 Å². The highest BCUT2D eigenvalue weighted by atomic mass is 35.5. The van der Waals surface area contributed by atoms with Crippen molar-refractivity contribution in [3.63, 3.8) is 0 Å². The quantitative estimate of drug-likeness (QED) is 0.830. The normalized spacial score (nSPS) is 24.1. The van der Waals surface area contributed by atoms with E-state index in [2.05, 4.69) is 4.90 Å². The van der Waals surface area contributed by atoms with E-state index in [1.165, 1.54) is 25.9 Å². The second-order valence-electron chi connectivity index (χ2n) is 5.45. The van der Waals surface area contributed by atoms with Crippen LogP contribution < -0.4 is 0 Å². The van der Waals surface area contributed by atoms with Crippen LogP contribution in [0.4, 0.5) is 0 Å². The molecule has 1 aromatic carbocycles. The lowest BCUT2D eigenvalue weighted by molar-refractivity contribution is 0.0780. The minimum Gasteiger partial charge on any atom is -0.337 e. The maximum Gasteiger partial charge on any atom is 0.253 e. The fraction of sp³-hybridized carbons (Fsp3) is 0.533. The van der Waals surface area contributed by atoms with Crippen LogP contribution in [0.2, 0.25) is 5.02 Å². The van der Waals surface area contributed by atoms with Gasteiger partial charge in [0, 0.05) is 29.7 Å². The van der Waals surface area contributed by atoms with E-state index >= 15 is 0 Å². The lowest BCUT2D eigenvalue weighted by Gasteiger charge is -2.23. The number of hydrogen-bond acceptors (Lipinski definition) is 2. The van der Waals surface area contributed by atoms with Crippen LogP contribution >= 0.6 is 11.6 Å². The summed E-state index contributed by atoms with van der Waals surface area (Å²) in [6, 6.07) is 7.80. The molecule has 1 aromatic rings. The molecule has 3 rings (SSSR count). The van der Waals surface area contributed by atoms with Crippen LogP contribution in [0.15, 0.2) is 24.3 Å². The molecule has 0 N–H and O–H groups in total. The molecule has 102 valence electrons.